The predicted molar refractivity (Wildman–Crippen MR) is 107 cm³/mol. The number of hydrogen-bond acceptors (Lipinski definition) is 6. The van der Waals surface area contributed by atoms with Crippen LogP contribution in [0.1, 0.15) is 19.3 Å². The van der Waals surface area contributed by atoms with Crippen molar-refractivity contribution in [3.8, 4) is 0 Å². The number of nitrogens with one attached hydrogen (secondary N) is 2. The Kier molecular flexibility index (Phi) is 7.46. The van der Waals surface area contributed by atoms with Crippen LogP contribution in [-0.2, 0) is 9.59 Å². The first-order valence-electron chi connectivity index (χ1n) is 8.15. The Hall–Kier alpha value is -3.24. The SMILES string of the molecule is O=C(CCCC(=O)Nc1ccc([N+](=O)[O-])c(Cl)c1)Nc1ccc([N+](=O)[O-])c(Cl)c1. The normalized spacial score (nSPS) is 10.3. The smallest absolute Gasteiger partial charge is 0.288 e. The van der Waals surface area contributed by atoms with Gasteiger partial charge in [0.1, 0.15) is 10.0 Å². The Morgan fingerprint density at radius 2 is 1.17 bits per heavy atom. The molecule has 0 fully saturated rings. The molecule has 0 aliphatic rings. The van der Waals surface area contributed by atoms with Crippen molar-refractivity contribution in [1.82, 2.24) is 0 Å². The number of carbonyl (C=O) groups is 2. The summed E-state index contributed by atoms with van der Waals surface area (Å²) in [6.45, 7) is 0. The summed E-state index contributed by atoms with van der Waals surface area (Å²) in [5, 5.41) is 26.3. The molecular weight excluding hydrogens is 427 g/mol. The summed E-state index contributed by atoms with van der Waals surface area (Å²) in [4.78, 5) is 44.0. The van der Waals surface area contributed by atoms with Crippen LogP contribution >= 0.6 is 23.2 Å². The number of anilines is 2. The molecule has 2 amide bonds. The maximum absolute atomic E-state index is 11.9. The zero-order valence-electron chi connectivity index (χ0n) is 14.7. The van der Waals surface area contributed by atoms with Gasteiger partial charge in [0.2, 0.25) is 11.8 Å². The van der Waals surface area contributed by atoms with E-state index in [-0.39, 0.29) is 52.5 Å². The van der Waals surface area contributed by atoms with Crippen LogP contribution in [-0.4, -0.2) is 21.7 Å². The molecule has 2 N–H and O–H groups in total. The van der Waals surface area contributed by atoms with Crippen molar-refractivity contribution in [2.75, 3.05) is 10.6 Å². The lowest BCUT2D eigenvalue weighted by atomic mass is 10.2. The van der Waals surface area contributed by atoms with Crippen LogP contribution < -0.4 is 10.6 Å². The average Bonchev–Trinajstić information content (AvgIpc) is 2.61. The fourth-order valence-corrected chi connectivity index (χ4v) is 2.82. The van der Waals surface area contributed by atoms with Crippen LogP contribution in [0.4, 0.5) is 22.7 Å². The molecule has 10 nitrogen and oxygen atoms in total. The van der Waals surface area contributed by atoms with Crippen LogP contribution in [0.5, 0.6) is 0 Å². The Bertz CT molecular complexity index is 905. The minimum absolute atomic E-state index is 0.0308. The lowest BCUT2D eigenvalue weighted by molar-refractivity contribution is -0.384. The van der Waals surface area contributed by atoms with Crippen LogP contribution in [0.15, 0.2) is 36.4 Å². The Labute approximate surface area is 174 Å². The van der Waals surface area contributed by atoms with Gasteiger partial charge in [-0.15, -0.1) is 0 Å². The number of halogens is 2. The van der Waals surface area contributed by atoms with Gasteiger partial charge in [0.25, 0.3) is 11.4 Å². The van der Waals surface area contributed by atoms with Gasteiger partial charge in [0.15, 0.2) is 0 Å². The Morgan fingerprint density at radius 3 is 1.48 bits per heavy atom. The van der Waals surface area contributed by atoms with Crippen molar-refractivity contribution >= 4 is 57.8 Å². The summed E-state index contributed by atoms with van der Waals surface area (Å²) < 4.78 is 0. The summed E-state index contributed by atoms with van der Waals surface area (Å²) in [7, 11) is 0. The molecule has 29 heavy (non-hydrogen) atoms. The van der Waals surface area contributed by atoms with Gasteiger partial charge in [-0.1, -0.05) is 23.2 Å². The van der Waals surface area contributed by atoms with Gasteiger partial charge in [0, 0.05) is 36.3 Å². The molecule has 12 heteroatoms. The fourth-order valence-electron chi connectivity index (χ4n) is 2.32. The minimum Gasteiger partial charge on any atom is -0.326 e. The lowest BCUT2D eigenvalue weighted by Crippen LogP contribution is -2.15. The third-order valence-electron chi connectivity index (χ3n) is 3.66. The molecule has 0 spiro atoms. The van der Waals surface area contributed by atoms with E-state index in [9.17, 15) is 29.8 Å². The third-order valence-corrected chi connectivity index (χ3v) is 4.27. The first-order chi connectivity index (χ1) is 13.7. The van der Waals surface area contributed by atoms with Crippen LogP contribution in [0, 0.1) is 20.2 Å². The molecule has 0 atom stereocenters. The second-order valence-electron chi connectivity index (χ2n) is 5.80. The van der Waals surface area contributed by atoms with E-state index in [4.69, 9.17) is 23.2 Å². The number of rotatable bonds is 8. The number of carbonyl (C=O) groups excluding carboxylic acids is 2. The molecule has 0 aliphatic carbocycles. The van der Waals surface area contributed by atoms with E-state index in [0.29, 0.717) is 11.4 Å². The molecule has 0 aromatic heterocycles. The number of amides is 2. The Balaban J connectivity index is 1.80. The van der Waals surface area contributed by atoms with Gasteiger partial charge >= 0.3 is 0 Å². The average molecular weight is 441 g/mol. The van der Waals surface area contributed by atoms with Crippen LogP contribution in [0.2, 0.25) is 10.0 Å². The van der Waals surface area contributed by atoms with Crippen molar-refractivity contribution in [3.63, 3.8) is 0 Å². The summed E-state index contributed by atoms with van der Waals surface area (Å²) in [6.07, 6.45) is 0.297. The van der Waals surface area contributed by atoms with Gasteiger partial charge in [-0.25, -0.2) is 0 Å². The van der Waals surface area contributed by atoms with E-state index < -0.39 is 9.85 Å². The molecule has 2 rings (SSSR count). The first kappa shape index (κ1) is 22.1. The topological polar surface area (TPSA) is 144 Å². The highest BCUT2D eigenvalue weighted by atomic mass is 35.5. The van der Waals surface area contributed by atoms with Gasteiger partial charge in [0.05, 0.1) is 9.85 Å². The summed E-state index contributed by atoms with van der Waals surface area (Å²) >= 11 is 11.6. The highest BCUT2D eigenvalue weighted by Crippen LogP contribution is 2.28. The molecule has 152 valence electrons. The molecule has 2 aromatic rings. The third kappa shape index (κ3) is 6.40. The maximum Gasteiger partial charge on any atom is 0.288 e. The van der Waals surface area contributed by atoms with Crippen molar-refractivity contribution in [2.45, 2.75) is 19.3 Å². The molecule has 0 bridgehead atoms. The van der Waals surface area contributed by atoms with E-state index in [1.54, 1.807) is 0 Å². The molecule has 0 saturated carbocycles. The number of hydrogen-bond donors (Lipinski definition) is 2. The molecule has 0 unspecified atom stereocenters. The predicted octanol–water partition coefficient (Wildman–Crippen LogP) is 4.56. The van der Waals surface area contributed by atoms with E-state index in [2.05, 4.69) is 10.6 Å². The molecular formula is C17H14Cl2N4O6. The standard InChI is InChI=1S/C17H14Cl2N4O6/c18-12-8-10(4-6-14(12)22(26)27)20-16(24)2-1-3-17(25)21-11-5-7-15(23(28)29)13(19)9-11/h4-9H,1-3H2,(H,20,24)(H,21,25). The van der Waals surface area contributed by atoms with E-state index in [1.165, 1.54) is 36.4 Å². The van der Waals surface area contributed by atoms with Gasteiger partial charge in [-0.3, -0.25) is 29.8 Å². The van der Waals surface area contributed by atoms with Crippen LogP contribution in [0.25, 0.3) is 0 Å². The lowest BCUT2D eigenvalue weighted by Gasteiger charge is -2.07. The van der Waals surface area contributed by atoms with Crippen molar-refractivity contribution in [3.05, 3.63) is 66.7 Å². The van der Waals surface area contributed by atoms with Crippen LogP contribution in [0.3, 0.4) is 0 Å². The molecule has 0 heterocycles. The molecule has 0 aliphatic heterocycles. The summed E-state index contributed by atoms with van der Waals surface area (Å²) in [5.41, 5.74) is 0.0616. The number of nitro benzene ring substituents is 2. The zero-order valence-corrected chi connectivity index (χ0v) is 16.2. The first-order valence-corrected chi connectivity index (χ1v) is 8.90. The quantitative estimate of drug-likeness (QED) is 0.454. The monoisotopic (exact) mass is 440 g/mol. The van der Waals surface area contributed by atoms with Crippen molar-refractivity contribution in [1.29, 1.82) is 0 Å². The second-order valence-corrected chi connectivity index (χ2v) is 6.61. The Morgan fingerprint density at radius 1 is 0.793 bits per heavy atom. The highest BCUT2D eigenvalue weighted by Gasteiger charge is 2.15. The summed E-state index contributed by atoms with van der Waals surface area (Å²) in [6, 6.07) is 7.60. The van der Waals surface area contributed by atoms with Gasteiger partial charge in [-0.05, 0) is 30.7 Å². The maximum atomic E-state index is 11.9. The fraction of sp³-hybridized carbons (Fsp3) is 0.176. The molecule has 0 saturated heterocycles. The minimum atomic E-state index is -0.634. The molecule has 0 radical (unpaired) electrons. The summed E-state index contributed by atoms with van der Waals surface area (Å²) in [5.74, 6) is -0.776. The second kappa shape index (κ2) is 9.80. The van der Waals surface area contributed by atoms with Crippen molar-refractivity contribution in [2.24, 2.45) is 0 Å². The number of benzene rings is 2. The van der Waals surface area contributed by atoms with E-state index in [1.807, 2.05) is 0 Å². The van der Waals surface area contributed by atoms with Crippen molar-refractivity contribution < 1.29 is 19.4 Å². The number of nitrogens with zero attached hydrogens (tertiary/aromatic N) is 2. The zero-order chi connectivity index (χ0) is 21.6. The highest BCUT2D eigenvalue weighted by molar-refractivity contribution is 6.33. The number of nitro groups is 2. The van der Waals surface area contributed by atoms with Gasteiger partial charge < -0.3 is 10.6 Å². The molecule has 2 aromatic carbocycles. The van der Waals surface area contributed by atoms with Gasteiger partial charge in [-0.2, -0.15) is 0 Å². The largest absolute Gasteiger partial charge is 0.326 e. The van der Waals surface area contributed by atoms with E-state index >= 15 is 0 Å². The van der Waals surface area contributed by atoms with E-state index in [0.717, 1.165) is 0 Å².